The molecule has 6 rings (SSSR count). The molecule has 2 aromatic carbocycles. The maximum absolute atomic E-state index is 13.7. The fourth-order valence-corrected chi connectivity index (χ4v) is 8.82. The molecule has 0 unspecified atom stereocenters. The number of ether oxygens (including phenoxy) is 4. The lowest BCUT2D eigenvalue weighted by atomic mass is 9.55. The van der Waals surface area contributed by atoms with E-state index in [1.807, 2.05) is 49.4 Å². The van der Waals surface area contributed by atoms with Crippen molar-refractivity contribution in [2.24, 2.45) is 22.9 Å². The number of hydrogen-bond donors (Lipinski definition) is 2. The van der Waals surface area contributed by atoms with Crippen molar-refractivity contribution in [3.63, 3.8) is 0 Å². The zero-order valence-electron chi connectivity index (χ0n) is 32.1. The Morgan fingerprint density at radius 3 is 2.57 bits per heavy atom. The molecule has 1 saturated carbocycles. The van der Waals surface area contributed by atoms with Crippen LogP contribution in [0.15, 0.2) is 78.0 Å². The number of carbonyl (C=O) groups is 1. The Kier molecular flexibility index (Phi) is 14.1. The van der Waals surface area contributed by atoms with Crippen molar-refractivity contribution in [3.05, 3.63) is 84.0 Å². The molecule has 0 radical (unpaired) electrons. The summed E-state index contributed by atoms with van der Waals surface area (Å²) >= 11 is 0. The number of nitrogens with zero attached hydrogens (tertiary/aromatic N) is 3. The number of benzene rings is 2. The van der Waals surface area contributed by atoms with Crippen molar-refractivity contribution >= 4 is 11.8 Å². The zero-order valence-corrected chi connectivity index (χ0v) is 32.1. The van der Waals surface area contributed by atoms with Gasteiger partial charge in [-0.1, -0.05) is 67.4 Å². The molecule has 11 nitrogen and oxygen atoms in total. The zero-order chi connectivity index (χ0) is 37.9. The number of oxime groups is 1. The number of amides is 1. The molecule has 2 N–H and O–H groups in total. The lowest BCUT2D eigenvalue weighted by molar-refractivity contribution is -0.255. The number of methoxy groups -OCH3 is 1. The largest absolute Gasteiger partial charge is 0.492 e. The summed E-state index contributed by atoms with van der Waals surface area (Å²) in [6, 6.07) is 15.4. The third-order valence-corrected chi connectivity index (χ3v) is 11.4. The van der Waals surface area contributed by atoms with Gasteiger partial charge in [0.15, 0.2) is 0 Å². The molecule has 294 valence electrons. The van der Waals surface area contributed by atoms with Gasteiger partial charge in [-0.15, -0.1) is 6.58 Å². The highest BCUT2D eigenvalue weighted by Crippen LogP contribution is 2.62. The number of aliphatic hydroxyl groups excluding tert-OH is 2. The van der Waals surface area contributed by atoms with Crippen LogP contribution in [0.5, 0.6) is 11.5 Å². The smallest absolute Gasteiger partial charge is 0.409 e. The number of allylic oxidation sites excluding steroid dienone is 1. The molecule has 2 aliphatic heterocycles. The van der Waals surface area contributed by atoms with E-state index >= 15 is 0 Å². The lowest BCUT2D eigenvalue weighted by Crippen LogP contribution is -2.70. The van der Waals surface area contributed by atoms with Crippen LogP contribution < -0.4 is 9.47 Å². The summed E-state index contributed by atoms with van der Waals surface area (Å²) in [6.07, 6.45) is 9.52. The van der Waals surface area contributed by atoms with E-state index in [1.54, 1.807) is 11.0 Å². The van der Waals surface area contributed by atoms with Crippen molar-refractivity contribution in [1.29, 1.82) is 0 Å². The number of hydrogen-bond acceptors (Lipinski definition) is 10. The van der Waals surface area contributed by atoms with E-state index in [0.717, 1.165) is 73.5 Å². The fraction of sp³-hybridized carbons (Fsp3) is 0.581. The summed E-state index contributed by atoms with van der Waals surface area (Å²) in [4.78, 5) is 24.0. The molecule has 0 aromatic heterocycles. The second kappa shape index (κ2) is 19.1. The summed E-state index contributed by atoms with van der Waals surface area (Å²) in [5, 5.41) is 24.6. The number of unbranched alkanes of at least 4 members (excludes halogenated alkanes) is 2. The van der Waals surface area contributed by atoms with Gasteiger partial charge in [0.25, 0.3) is 0 Å². The summed E-state index contributed by atoms with van der Waals surface area (Å²) in [5.74, 6) is -0.0437. The van der Waals surface area contributed by atoms with Crippen molar-refractivity contribution in [1.82, 2.24) is 9.80 Å². The summed E-state index contributed by atoms with van der Waals surface area (Å²) in [5.41, 5.74) is 3.80. The van der Waals surface area contributed by atoms with Crippen LogP contribution in [0.1, 0.15) is 75.3 Å². The van der Waals surface area contributed by atoms with Crippen molar-refractivity contribution in [2.45, 2.75) is 82.6 Å². The van der Waals surface area contributed by atoms with Crippen molar-refractivity contribution in [3.8, 4) is 11.5 Å². The highest BCUT2D eigenvalue weighted by atomic mass is 16.7. The standard InChI is InChI=1S/C43H59N3O8/c1-4-19-46(42(49)50-3)39-29-37(44-53-30-31-13-7-6-8-14-31)35-27-32(15-9-11-23-47)34(16-10-12-24-48)40-36-28-33(51-26-22-45-20-21-45)17-18-38(36)54-43(39,41(35)40)52-25-5-2/h5-8,13-14,17-18,27-28,32,34,39-41,47-48H,2,4,9-12,15-16,19-26,29-30H2,1,3H3/t32-,34+,39-,40+,41+,43+/m0/s1. The molecule has 1 saturated heterocycles. The third-order valence-electron chi connectivity index (χ3n) is 11.4. The molecule has 54 heavy (non-hydrogen) atoms. The summed E-state index contributed by atoms with van der Waals surface area (Å²) in [6.45, 7) is 10.9. The Bertz CT molecular complexity index is 1600. The topological polar surface area (TPSA) is 122 Å². The van der Waals surface area contributed by atoms with Gasteiger partial charge in [-0.3, -0.25) is 9.80 Å². The van der Waals surface area contributed by atoms with Gasteiger partial charge in [-0.25, -0.2) is 4.79 Å². The number of carbonyl (C=O) groups excluding carboxylic acids is 1. The predicted octanol–water partition coefficient (Wildman–Crippen LogP) is 6.69. The van der Waals surface area contributed by atoms with Crippen LogP contribution in [0, 0.1) is 17.8 Å². The van der Waals surface area contributed by atoms with Gasteiger partial charge >= 0.3 is 6.09 Å². The first-order chi connectivity index (χ1) is 26.5. The van der Waals surface area contributed by atoms with Gasteiger partial charge in [-0.05, 0) is 73.3 Å². The SMILES string of the molecule is C=CCO[C@@]12Oc3ccc(OCCN4CC4)cc3[C@H]3[C@H](CCCCO)[C@@H](CCCCO)C=C(C(=NOCc4ccccc4)C[C@@H]1N(CCC)C(=O)OC)[C@H]32. The Balaban J connectivity index is 1.53. The van der Waals surface area contributed by atoms with Gasteiger partial charge in [0.2, 0.25) is 5.79 Å². The van der Waals surface area contributed by atoms with Crippen LogP contribution in [-0.2, 0) is 20.9 Å². The molecule has 11 heteroatoms. The molecular weight excluding hydrogens is 686 g/mol. The molecule has 1 amide bonds. The molecular formula is C43H59N3O8. The molecule has 2 fully saturated rings. The van der Waals surface area contributed by atoms with E-state index in [2.05, 4.69) is 23.6 Å². The quantitative estimate of drug-likeness (QED) is 0.0623. The van der Waals surface area contributed by atoms with Crippen LogP contribution >= 0.6 is 0 Å². The molecule has 2 heterocycles. The highest BCUT2D eigenvalue weighted by Gasteiger charge is 2.65. The molecule has 2 aromatic rings. The van der Waals surface area contributed by atoms with Crippen LogP contribution in [-0.4, -0.2) is 103 Å². The van der Waals surface area contributed by atoms with E-state index in [9.17, 15) is 15.0 Å². The monoisotopic (exact) mass is 745 g/mol. The second-order valence-corrected chi connectivity index (χ2v) is 14.9. The summed E-state index contributed by atoms with van der Waals surface area (Å²) in [7, 11) is 1.41. The molecule has 4 aliphatic rings. The van der Waals surface area contributed by atoms with Crippen LogP contribution in [0.25, 0.3) is 0 Å². The Labute approximate surface area is 320 Å². The first-order valence-corrected chi connectivity index (χ1v) is 19.9. The summed E-state index contributed by atoms with van der Waals surface area (Å²) < 4.78 is 26.0. The van der Waals surface area contributed by atoms with Gasteiger partial charge in [0.05, 0.1) is 25.3 Å². The average Bonchev–Trinajstić information content (AvgIpc) is 4.02. The third kappa shape index (κ3) is 8.96. The maximum Gasteiger partial charge on any atom is 0.409 e. The number of fused-ring (bicyclic) bond motifs is 2. The normalized spacial score (nSPS) is 26.2. The van der Waals surface area contributed by atoms with E-state index in [4.69, 9.17) is 28.9 Å². The highest BCUT2D eigenvalue weighted by molar-refractivity contribution is 6.03. The molecule has 6 atom stereocenters. The maximum atomic E-state index is 13.7. The lowest BCUT2D eigenvalue weighted by Gasteiger charge is -2.59. The van der Waals surface area contributed by atoms with Crippen LogP contribution in [0.4, 0.5) is 4.79 Å². The van der Waals surface area contributed by atoms with Crippen molar-refractivity contribution in [2.75, 3.05) is 59.7 Å². The fourth-order valence-electron chi connectivity index (χ4n) is 8.82. The molecule has 0 spiro atoms. The second-order valence-electron chi connectivity index (χ2n) is 14.9. The first kappa shape index (κ1) is 39.8. The Morgan fingerprint density at radius 2 is 1.87 bits per heavy atom. The van der Waals surface area contributed by atoms with Gasteiger partial charge in [0.1, 0.15) is 30.8 Å². The van der Waals surface area contributed by atoms with Crippen LogP contribution in [0.2, 0.25) is 0 Å². The number of aliphatic hydroxyl groups is 2. The van der Waals surface area contributed by atoms with E-state index < -0.39 is 17.9 Å². The van der Waals surface area contributed by atoms with Crippen molar-refractivity contribution < 1.29 is 38.8 Å². The minimum atomic E-state index is -1.31. The number of rotatable bonds is 21. The molecule has 0 bridgehead atoms. The van der Waals surface area contributed by atoms with E-state index in [-0.39, 0.29) is 43.5 Å². The van der Waals surface area contributed by atoms with E-state index in [0.29, 0.717) is 51.2 Å². The predicted molar refractivity (Wildman–Crippen MR) is 208 cm³/mol. The van der Waals surface area contributed by atoms with Gasteiger partial charge in [-0.2, -0.15) is 0 Å². The first-order valence-electron chi connectivity index (χ1n) is 19.9. The minimum absolute atomic E-state index is 0.115. The molecule has 2 aliphatic carbocycles. The minimum Gasteiger partial charge on any atom is -0.492 e. The van der Waals surface area contributed by atoms with Crippen LogP contribution in [0.3, 0.4) is 0 Å². The Hall–Kier alpha value is -3.90. The average molecular weight is 746 g/mol. The van der Waals surface area contributed by atoms with E-state index in [1.165, 1.54) is 7.11 Å². The van der Waals surface area contributed by atoms with Gasteiger partial charge < -0.3 is 34.0 Å². The van der Waals surface area contributed by atoms with Gasteiger partial charge in [0, 0.05) is 57.3 Å². The Morgan fingerprint density at radius 1 is 1.09 bits per heavy atom.